The monoisotopic (exact) mass is 252 g/mol. The van der Waals surface area contributed by atoms with Crippen LogP contribution >= 0.6 is 0 Å². The van der Waals surface area contributed by atoms with E-state index < -0.39 is 0 Å². The van der Waals surface area contributed by atoms with E-state index in [1.54, 1.807) is 0 Å². The number of hydrogen-bond acceptors (Lipinski definition) is 2. The second kappa shape index (κ2) is 6.38. The normalized spacial score (nSPS) is 42.2. The zero-order valence-corrected chi connectivity index (χ0v) is 12.8. The lowest BCUT2D eigenvalue weighted by Crippen LogP contribution is -2.46. The molecule has 1 N–H and O–H groups in total. The van der Waals surface area contributed by atoms with Crippen molar-refractivity contribution in [3.63, 3.8) is 0 Å². The molecule has 2 heteroatoms. The fraction of sp³-hybridized carbons (Fsp3) is 1.00. The van der Waals surface area contributed by atoms with Gasteiger partial charge in [0.2, 0.25) is 0 Å². The Kier molecular flexibility index (Phi) is 5.08. The van der Waals surface area contributed by atoms with Gasteiger partial charge in [0.05, 0.1) is 0 Å². The first-order chi connectivity index (χ1) is 8.61. The summed E-state index contributed by atoms with van der Waals surface area (Å²) in [4.78, 5) is 2.73. The third-order valence-corrected chi connectivity index (χ3v) is 5.83. The molecule has 2 rings (SSSR count). The number of hydrogen-bond donors (Lipinski definition) is 1. The van der Waals surface area contributed by atoms with Crippen LogP contribution in [0.15, 0.2) is 0 Å². The zero-order chi connectivity index (χ0) is 13.1. The smallest absolute Gasteiger partial charge is 0.00978 e. The van der Waals surface area contributed by atoms with E-state index in [1.807, 2.05) is 0 Å². The van der Waals surface area contributed by atoms with Crippen LogP contribution in [-0.2, 0) is 0 Å². The Morgan fingerprint density at radius 2 is 1.44 bits per heavy atom. The quantitative estimate of drug-likeness (QED) is 0.829. The molecule has 2 saturated carbocycles. The maximum absolute atomic E-state index is 3.44. The van der Waals surface area contributed by atoms with Crippen molar-refractivity contribution >= 4 is 0 Å². The minimum atomic E-state index is 0.778. The van der Waals surface area contributed by atoms with Crippen molar-refractivity contribution in [2.45, 2.75) is 76.9 Å². The van der Waals surface area contributed by atoms with Crippen LogP contribution in [0, 0.1) is 11.8 Å². The molecule has 2 aliphatic carbocycles. The van der Waals surface area contributed by atoms with Crippen molar-refractivity contribution in [1.82, 2.24) is 10.2 Å². The highest BCUT2D eigenvalue weighted by Gasteiger charge is 2.31. The minimum Gasteiger partial charge on any atom is -0.317 e. The lowest BCUT2D eigenvalue weighted by molar-refractivity contribution is 0.0741. The maximum Gasteiger partial charge on any atom is 0.00978 e. The van der Waals surface area contributed by atoms with Gasteiger partial charge in [-0.3, -0.25) is 0 Å². The van der Waals surface area contributed by atoms with Gasteiger partial charge in [-0.2, -0.15) is 0 Å². The zero-order valence-electron chi connectivity index (χ0n) is 12.8. The third-order valence-electron chi connectivity index (χ3n) is 5.83. The van der Waals surface area contributed by atoms with E-state index in [0.717, 1.165) is 30.0 Å². The fourth-order valence-corrected chi connectivity index (χ4v) is 3.96. The van der Waals surface area contributed by atoms with Crippen LogP contribution < -0.4 is 5.32 Å². The molecule has 0 bridgehead atoms. The van der Waals surface area contributed by atoms with Gasteiger partial charge in [0.1, 0.15) is 0 Å². The van der Waals surface area contributed by atoms with Crippen LogP contribution in [0.2, 0.25) is 0 Å². The van der Waals surface area contributed by atoms with Gasteiger partial charge in [-0.15, -0.1) is 0 Å². The van der Waals surface area contributed by atoms with Crippen molar-refractivity contribution < 1.29 is 0 Å². The Morgan fingerprint density at radius 1 is 0.833 bits per heavy atom. The molecule has 0 aromatic heterocycles. The Bertz CT molecular complexity index is 245. The summed E-state index contributed by atoms with van der Waals surface area (Å²) in [7, 11) is 4.50. The van der Waals surface area contributed by atoms with E-state index in [4.69, 9.17) is 0 Å². The highest BCUT2D eigenvalue weighted by Crippen LogP contribution is 2.34. The van der Waals surface area contributed by atoms with Crippen molar-refractivity contribution in [3.8, 4) is 0 Å². The second-order valence-electron chi connectivity index (χ2n) is 6.88. The van der Waals surface area contributed by atoms with Crippen LogP contribution in [-0.4, -0.2) is 37.1 Å². The predicted octanol–water partition coefficient (Wildman–Crippen LogP) is 3.27. The highest BCUT2D eigenvalue weighted by molar-refractivity contribution is 4.87. The van der Waals surface area contributed by atoms with Crippen LogP contribution in [0.25, 0.3) is 0 Å². The van der Waals surface area contributed by atoms with Gasteiger partial charge in [0.15, 0.2) is 0 Å². The molecule has 2 nitrogen and oxygen atoms in total. The molecule has 0 saturated heterocycles. The number of nitrogens with one attached hydrogen (secondary N) is 1. The van der Waals surface area contributed by atoms with Gasteiger partial charge in [0, 0.05) is 18.1 Å². The van der Waals surface area contributed by atoms with Gasteiger partial charge in [0.25, 0.3) is 0 Å². The molecule has 0 amide bonds. The molecule has 18 heavy (non-hydrogen) atoms. The summed E-state index contributed by atoms with van der Waals surface area (Å²) in [5.74, 6) is 1.86. The first-order valence-electron chi connectivity index (χ1n) is 8.01. The summed E-state index contributed by atoms with van der Waals surface area (Å²) in [6.07, 6.45) is 9.79. The standard InChI is InChI=1S/C16H32N2/c1-12-5-8-16(11-13(12)2)18(4)15-9-6-14(17-3)7-10-15/h12-17H,5-11H2,1-4H3. The predicted molar refractivity (Wildman–Crippen MR) is 78.8 cm³/mol. The maximum atomic E-state index is 3.44. The van der Waals surface area contributed by atoms with E-state index in [2.05, 4.69) is 38.2 Å². The molecule has 106 valence electrons. The molecular formula is C16H32N2. The largest absolute Gasteiger partial charge is 0.317 e. The van der Waals surface area contributed by atoms with Gasteiger partial charge in [-0.1, -0.05) is 13.8 Å². The van der Waals surface area contributed by atoms with Crippen molar-refractivity contribution in [2.24, 2.45) is 11.8 Å². The van der Waals surface area contributed by atoms with E-state index in [-0.39, 0.29) is 0 Å². The molecule has 0 aliphatic heterocycles. The molecule has 3 atom stereocenters. The number of rotatable bonds is 3. The van der Waals surface area contributed by atoms with Crippen LogP contribution in [0.4, 0.5) is 0 Å². The SMILES string of the molecule is CNC1CCC(N(C)C2CCC(C)C(C)C2)CC1. The Balaban J connectivity index is 1.82. The van der Waals surface area contributed by atoms with Crippen molar-refractivity contribution in [2.75, 3.05) is 14.1 Å². The second-order valence-corrected chi connectivity index (χ2v) is 6.88. The summed E-state index contributed by atoms with van der Waals surface area (Å²) in [5.41, 5.74) is 0. The Hall–Kier alpha value is -0.0800. The number of nitrogens with zero attached hydrogens (tertiary/aromatic N) is 1. The Morgan fingerprint density at radius 3 is 2.00 bits per heavy atom. The topological polar surface area (TPSA) is 15.3 Å². The third kappa shape index (κ3) is 3.27. The summed E-state index contributed by atoms with van der Waals surface area (Å²) >= 11 is 0. The first kappa shape index (κ1) is 14.3. The average molecular weight is 252 g/mol. The van der Waals surface area contributed by atoms with Gasteiger partial charge < -0.3 is 10.2 Å². The molecule has 3 unspecified atom stereocenters. The molecule has 0 heterocycles. The van der Waals surface area contributed by atoms with E-state index in [9.17, 15) is 0 Å². The molecule has 0 aromatic carbocycles. The molecule has 0 spiro atoms. The fourth-order valence-electron chi connectivity index (χ4n) is 3.96. The van der Waals surface area contributed by atoms with Crippen LogP contribution in [0.5, 0.6) is 0 Å². The van der Waals surface area contributed by atoms with E-state index >= 15 is 0 Å². The molecule has 0 aromatic rings. The minimum absolute atomic E-state index is 0.778. The summed E-state index contributed by atoms with van der Waals surface area (Å²) in [6.45, 7) is 4.88. The van der Waals surface area contributed by atoms with Crippen molar-refractivity contribution in [3.05, 3.63) is 0 Å². The van der Waals surface area contributed by atoms with Crippen molar-refractivity contribution in [1.29, 1.82) is 0 Å². The molecular weight excluding hydrogens is 220 g/mol. The Labute approximate surface area is 114 Å². The van der Waals surface area contributed by atoms with E-state index in [0.29, 0.717) is 0 Å². The highest BCUT2D eigenvalue weighted by atomic mass is 15.2. The summed E-state index contributed by atoms with van der Waals surface area (Å²) < 4.78 is 0. The lowest BCUT2D eigenvalue weighted by atomic mass is 9.77. The van der Waals surface area contributed by atoms with Crippen LogP contribution in [0.1, 0.15) is 58.8 Å². The van der Waals surface area contributed by atoms with Gasteiger partial charge >= 0.3 is 0 Å². The summed E-state index contributed by atoms with van der Waals surface area (Å²) in [6, 6.07) is 2.48. The van der Waals surface area contributed by atoms with E-state index in [1.165, 1.54) is 44.9 Å². The molecule has 2 aliphatic rings. The lowest BCUT2D eigenvalue weighted by Gasteiger charge is -2.43. The molecule has 0 radical (unpaired) electrons. The van der Waals surface area contributed by atoms with Gasteiger partial charge in [-0.05, 0) is 70.9 Å². The first-order valence-corrected chi connectivity index (χ1v) is 8.01. The molecule has 2 fully saturated rings. The van der Waals surface area contributed by atoms with Gasteiger partial charge in [-0.25, -0.2) is 0 Å². The summed E-state index contributed by atoms with van der Waals surface area (Å²) in [5, 5.41) is 3.44. The average Bonchev–Trinajstić information content (AvgIpc) is 2.41. The van der Waals surface area contributed by atoms with Crippen LogP contribution in [0.3, 0.4) is 0 Å².